The molecule has 1 aromatic carbocycles. The van der Waals surface area contributed by atoms with Gasteiger partial charge in [0.1, 0.15) is 5.69 Å². The highest BCUT2D eigenvalue weighted by Crippen LogP contribution is 2.21. The maximum Gasteiger partial charge on any atom is 0.354 e. The number of carbonyl (C=O) groups is 2. The minimum atomic E-state index is -1.24. The summed E-state index contributed by atoms with van der Waals surface area (Å²) in [6.07, 6.45) is 1.22. The van der Waals surface area contributed by atoms with Crippen molar-refractivity contribution in [3.63, 3.8) is 0 Å². The van der Waals surface area contributed by atoms with Crippen LogP contribution in [0.25, 0.3) is 0 Å². The van der Waals surface area contributed by atoms with E-state index in [1.165, 1.54) is 31.5 Å². The molecule has 0 aliphatic carbocycles. The minimum Gasteiger partial charge on any atom is -0.494 e. The molecular weight excluding hydrogens is 279 g/mol. The van der Waals surface area contributed by atoms with Crippen molar-refractivity contribution in [2.45, 2.75) is 0 Å². The number of amides is 1. The number of carbonyl (C=O) groups excluding carboxylic acids is 1. The first kappa shape index (κ1) is 14.4. The summed E-state index contributed by atoms with van der Waals surface area (Å²) in [6, 6.07) is 6.45. The zero-order chi connectivity index (χ0) is 15.4. The Labute approximate surface area is 119 Å². The lowest BCUT2D eigenvalue weighted by Crippen LogP contribution is -2.13. The minimum absolute atomic E-state index is 0.0603. The van der Waals surface area contributed by atoms with Crippen LogP contribution in [0.15, 0.2) is 36.5 Å². The van der Waals surface area contributed by atoms with Crippen molar-refractivity contribution in [1.82, 2.24) is 4.98 Å². The molecule has 0 bridgehead atoms. The molecule has 0 fully saturated rings. The second kappa shape index (κ2) is 6.00. The molecule has 0 aliphatic heterocycles. The van der Waals surface area contributed by atoms with Gasteiger partial charge in [-0.2, -0.15) is 0 Å². The van der Waals surface area contributed by atoms with Crippen molar-refractivity contribution in [3.8, 4) is 5.75 Å². The largest absolute Gasteiger partial charge is 0.494 e. The monoisotopic (exact) mass is 290 g/mol. The number of anilines is 1. The number of nitrogens with one attached hydrogen (secondary N) is 1. The molecule has 2 N–H and O–H groups in total. The number of aromatic carboxylic acids is 1. The van der Waals surface area contributed by atoms with E-state index in [1.807, 2.05) is 0 Å². The van der Waals surface area contributed by atoms with Crippen molar-refractivity contribution >= 4 is 17.6 Å². The number of halogens is 1. The number of hydrogen-bond acceptors (Lipinski definition) is 4. The lowest BCUT2D eigenvalue weighted by Gasteiger charge is -2.07. The Balaban J connectivity index is 2.20. The molecule has 0 atom stereocenters. The summed E-state index contributed by atoms with van der Waals surface area (Å²) in [5.41, 5.74) is 0.0918. The van der Waals surface area contributed by atoms with Crippen LogP contribution in [-0.4, -0.2) is 29.1 Å². The molecule has 6 nitrogen and oxygen atoms in total. The summed E-state index contributed by atoms with van der Waals surface area (Å²) in [6.45, 7) is 0. The van der Waals surface area contributed by atoms with E-state index in [1.54, 1.807) is 0 Å². The molecule has 0 spiro atoms. The molecule has 1 heterocycles. The number of carboxylic acids is 1. The van der Waals surface area contributed by atoms with Crippen LogP contribution in [-0.2, 0) is 0 Å². The molecular formula is C14H11FN2O4. The maximum atomic E-state index is 13.5. The third-order valence-electron chi connectivity index (χ3n) is 2.65. The van der Waals surface area contributed by atoms with Crippen LogP contribution >= 0.6 is 0 Å². The van der Waals surface area contributed by atoms with E-state index in [2.05, 4.69) is 10.3 Å². The van der Waals surface area contributed by atoms with Crippen LogP contribution in [0.4, 0.5) is 10.1 Å². The van der Waals surface area contributed by atoms with Gasteiger partial charge in [-0.1, -0.05) is 0 Å². The first-order valence-corrected chi connectivity index (χ1v) is 5.85. The standard InChI is InChI=1S/C14H11FN2O4/c1-21-12-3-2-9(7-10(12)15)17-13(18)8-4-5-16-11(6-8)14(19)20/h2-7H,1H3,(H,17,18)(H,19,20). The van der Waals surface area contributed by atoms with Gasteiger partial charge in [0.2, 0.25) is 0 Å². The molecule has 1 aromatic heterocycles. The smallest absolute Gasteiger partial charge is 0.354 e. The summed E-state index contributed by atoms with van der Waals surface area (Å²) in [5, 5.41) is 11.3. The second-order valence-corrected chi connectivity index (χ2v) is 4.04. The highest BCUT2D eigenvalue weighted by Gasteiger charge is 2.12. The van der Waals surface area contributed by atoms with Crippen molar-refractivity contribution in [2.24, 2.45) is 0 Å². The van der Waals surface area contributed by atoms with Crippen molar-refractivity contribution in [3.05, 3.63) is 53.6 Å². The lowest BCUT2D eigenvalue weighted by molar-refractivity contribution is 0.0690. The third-order valence-corrected chi connectivity index (χ3v) is 2.65. The maximum absolute atomic E-state index is 13.5. The summed E-state index contributed by atoms with van der Waals surface area (Å²) >= 11 is 0. The predicted molar refractivity (Wildman–Crippen MR) is 72.1 cm³/mol. The molecule has 2 rings (SSSR count). The second-order valence-electron chi connectivity index (χ2n) is 4.04. The van der Waals surface area contributed by atoms with Gasteiger partial charge in [0.25, 0.3) is 5.91 Å². The van der Waals surface area contributed by atoms with Gasteiger partial charge in [-0.15, -0.1) is 0 Å². The van der Waals surface area contributed by atoms with Gasteiger partial charge < -0.3 is 15.2 Å². The normalized spacial score (nSPS) is 10.0. The molecule has 0 radical (unpaired) electrons. The number of nitrogens with zero attached hydrogens (tertiary/aromatic N) is 1. The molecule has 0 unspecified atom stereocenters. The van der Waals surface area contributed by atoms with Crippen molar-refractivity contribution < 1.29 is 23.8 Å². The van der Waals surface area contributed by atoms with Gasteiger partial charge in [0.05, 0.1) is 7.11 Å². The Morgan fingerprint density at radius 2 is 2.05 bits per heavy atom. The van der Waals surface area contributed by atoms with Gasteiger partial charge >= 0.3 is 5.97 Å². The summed E-state index contributed by atoms with van der Waals surface area (Å²) in [5.74, 6) is -2.36. The average molecular weight is 290 g/mol. The highest BCUT2D eigenvalue weighted by molar-refractivity contribution is 6.05. The van der Waals surface area contributed by atoms with Crippen molar-refractivity contribution in [1.29, 1.82) is 0 Å². The van der Waals surface area contributed by atoms with Crippen LogP contribution < -0.4 is 10.1 Å². The number of carboxylic acid groups (broad SMARTS) is 1. The Morgan fingerprint density at radius 3 is 2.67 bits per heavy atom. The average Bonchev–Trinajstić information content (AvgIpc) is 2.47. The Bertz CT molecular complexity index is 703. The van der Waals surface area contributed by atoms with Gasteiger partial charge in [0, 0.05) is 23.5 Å². The first-order valence-electron chi connectivity index (χ1n) is 5.85. The Kier molecular flexibility index (Phi) is 4.13. The van der Waals surface area contributed by atoms with E-state index in [-0.39, 0.29) is 22.7 Å². The number of pyridine rings is 1. The predicted octanol–water partition coefficient (Wildman–Crippen LogP) is 2.18. The van der Waals surface area contributed by atoms with E-state index in [0.29, 0.717) is 0 Å². The van der Waals surface area contributed by atoms with Gasteiger partial charge in [0.15, 0.2) is 11.6 Å². The van der Waals surface area contributed by atoms with Gasteiger partial charge in [-0.25, -0.2) is 14.2 Å². The fraction of sp³-hybridized carbons (Fsp3) is 0.0714. The summed E-state index contributed by atoms with van der Waals surface area (Å²) in [7, 11) is 1.33. The summed E-state index contributed by atoms with van der Waals surface area (Å²) < 4.78 is 18.3. The molecule has 2 aromatic rings. The number of methoxy groups -OCH3 is 1. The molecule has 21 heavy (non-hydrogen) atoms. The molecule has 108 valence electrons. The summed E-state index contributed by atoms with van der Waals surface area (Å²) in [4.78, 5) is 26.4. The van der Waals surface area contributed by atoms with Crippen LogP contribution in [0.3, 0.4) is 0 Å². The topological polar surface area (TPSA) is 88.5 Å². The Morgan fingerprint density at radius 1 is 1.29 bits per heavy atom. The lowest BCUT2D eigenvalue weighted by atomic mass is 10.2. The van der Waals surface area contributed by atoms with Crippen LogP contribution in [0.1, 0.15) is 20.8 Å². The van der Waals surface area contributed by atoms with Crippen molar-refractivity contribution in [2.75, 3.05) is 12.4 Å². The van der Waals surface area contributed by atoms with Gasteiger partial charge in [-0.05, 0) is 24.3 Å². The number of rotatable bonds is 4. The number of benzene rings is 1. The fourth-order valence-electron chi connectivity index (χ4n) is 1.64. The zero-order valence-corrected chi connectivity index (χ0v) is 11.0. The first-order chi connectivity index (χ1) is 10.0. The zero-order valence-electron chi connectivity index (χ0n) is 11.0. The SMILES string of the molecule is COc1ccc(NC(=O)c2ccnc(C(=O)O)c2)cc1F. The highest BCUT2D eigenvalue weighted by atomic mass is 19.1. The molecule has 0 saturated carbocycles. The van der Waals surface area contributed by atoms with E-state index >= 15 is 0 Å². The van der Waals surface area contributed by atoms with Gasteiger partial charge in [-0.3, -0.25) is 4.79 Å². The number of aromatic nitrogens is 1. The quantitative estimate of drug-likeness (QED) is 0.901. The van der Waals surface area contributed by atoms with E-state index in [0.717, 1.165) is 12.1 Å². The molecule has 0 aliphatic rings. The Hall–Kier alpha value is -2.96. The molecule has 1 amide bonds. The van der Waals surface area contributed by atoms with E-state index in [9.17, 15) is 14.0 Å². The third kappa shape index (κ3) is 3.33. The van der Waals surface area contributed by atoms with E-state index < -0.39 is 17.7 Å². The molecule has 7 heteroatoms. The van der Waals surface area contributed by atoms with Crippen LogP contribution in [0, 0.1) is 5.82 Å². The molecule has 0 saturated heterocycles. The number of hydrogen-bond donors (Lipinski definition) is 2. The number of ether oxygens (including phenoxy) is 1. The van der Waals surface area contributed by atoms with E-state index in [4.69, 9.17) is 9.84 Å². The van der Waals surface area contributed by atoms with Crippen LogP contribution in [0.2, 0.25) is 0 Å². The fourth-order valence-corrected chi connectivity index (χ4v) is 1.64. The van der Waals surface area contributed by atoms with Crippen LogP contribution in [0.5, 0.6) is 5.75 Å².